The standard InChI is InChI=1S/C23H20Cl2N2O3/c1-2-29-20-10-7-17(8-11-20)23(28)27-26-14-16-4-3-5-21(12-16)30-15-18-6-9-19(24)13-22(18)25/h3-14H,2,15H2,1H3,(H,27,28)/b26-14+. The number of hydrazone groups is 1. The number of amides is 1. The van der Waals surface area contributed by atoms with Gasteiger partial charge in [0.05, 0.1) is 12.8 Å². The third-order valence-corrected chi connectivity index (χ3v) is 4.66. The number of nitrogens with zero attached hydrogens (tertiary/aromatic N) is 1. The first-order chi connectivity index (χ1) is 14.5. The maximum atomic E-state index is 12.2. The summed E-state index contributed by atoms with van der Waals surface area (Å²) in [5.41, 5.74) is 4.62. The smallest absolute Gasteiger partial charge is 0.271 e. The second-order valence-corrected chi connectivity index (χ2v) is 7.10. The van der Waals surface area contributed by atoms with Crippen LogP contribution in [0.15, 0.2) is 71.8 Å². The highest BCUT2D eigenvalue weighted by Crippen LogP contribution is 2.23. The second kappa shape index (κ2) is 10.7. The van der Waals surface area contributed by atoms with Crippen molar-refractivity contribution < 1.29 is 14.3 Å². The molecule has 7 heteroatoms. The SMILES string of the molecule is CCOc1ccc(C(=O)N/N=C/c2cccc(OCc3ccc(Cl)cc3Cl)c2)cc1. The molecule has 5 nitrogen and oxygen atoms in total. The first kappa shape index (κ1) is 21.7. The van der Waals surface area contributed by atoms with Gasteiger partial charge < -0.3 is 9.47 Å². The zero-order valence-electron chi connectivity index (χ0n) is 16.3. The van der Waals surface area contributed by atoms with Crippen molar-refractivity contribution in [1.29, 1.82) is 0 Å². The van der Waals surface area contributed by atoms with E-state index in [0.29, 0.717) is 40.3 Å². The van der Waals surface area contributed by atoms with E-state index in [4.69, 9.17) is 32.7 Å². The van der Waals surface area contributed by atoms with Gasteiger partial charge in [-0.1, -0.05) is 41.4 Å². The molecule has 0 spiro atoms. The number of halogens is 2. The average Bonchev–Trinajstić information content (AvgIpc) is 2.74. The molecular formula is C23H20Cl2N2O3. The van der Waals surface area contributed by atoms with Crippen molar-refractivity contribution in [3.8, 4) is 11.5 Å². The minimum atomic E-state index is -0.306. The number of carbonyl (C=O) groups excluding carboxylic acids is 1. The zero-order valence-corrected chi connectivity index (χ0v) is 17.8. The van der Waals surface area contributed by atoms with Crippen molar-refractivity contribution in [3.05, 3.63) is 93.5 Å². The molecule has 3 rings (SSSR count). The average molecular weight is 443 g/mol. The summed E-state index contributed by atoms with van der Waals surface area (Å²) < 4.78 is 11.2. The Morgan fingerprint density at radius 1 is 1.00 bits per heavy atom. The van der Waals surface area contributed by atoms with Gasteiger partial charge in [0.15, 0.2) is 0 Å². The van der Waals surface area contributed by atoms with Crippen molar-refractivity contribution in [1.82, 2.24) is 5.43 Å². The Balaban J connectivity index is 1.56. The first-order valence-corrected chi connectivity index (χ1v) is 10.0. The van der Waals surface area contributed by atoms with Crippen LogP contribution in [0.25, 0.3) is 0 Å². The van der Waals surface area contributed by atoms with Gasteiger partial charge in [-0.2, -0.15) is 5.10 Å². The van der Waals surface area contributed by atoms with Crippen molar-refractivity contribution in [2.24, 2.45) is 5.10 Å². The number of ether oxygens (including phenoxy) is 2. The molecule has 0 unspecified atom stereocenters. The van der Waals surface area contributed by atoms with Gasteiger partial charge in [-0.3, -0.25) is 4.79 Å². The molecule has 0 aliphatic carbocycles. The van der Waals surface area contributed by atoms with Gasteiger partial charge in [-0.15, -0.1) is 0 Å². The molecule has 1 amide bonds. The van der Waals surface area contributed by atoms with Crippen LogP contribution < -0.4 is 14.9 Å². The van der Waals surface area contributed by atoms with Gasteiger partial charge in [0.1, 0.15) is 18.1 Å². The molecule has 0 aliphatic rings. The Bertz CT molecular complexity index is 1040. The van der Waals surface area contributed by atoms with Crippen LogP contribution in [0.2, 0.25) is 10.0 Å². The fourth-order valence-corrected chi connectivity index (χ4v) is 3.05. The van der Waals surface area contributed by atoms with Crippen LogP contribution in [0.5, 0.6) is 11.5 Å². The Labute approximate surface area is 185 Å². The van der Waals surface area contributed by atoms with E-state index < -0.39 is 0 Å². The molecule has 3 aromatic rings. The Morgan fingerprint density at radius 3 is 2.53 bits per heavy atom. The molecule has 0 fully saturated rings. The van der Waals surface area contributed by atoms with Crippen LogP contribution in [0.3, 0.4) is 0 Å². The highest BCUT2D eigenvalue weighted by Gasteiger charge is 2.05. The zero-order chi connectivity index (χ0) is 21.3. The molecule has 0 saturated heterocycles. The summed E-state index contributed by atoms with van der Waals surface area (Å²) in [7, 11) is 0. The van der Waals surface area contributed by atoms with E-state index in [-0.39, 0.29) is 5.91 Å². The van der Waals surface area contributed by atoms with E-state index in [0.717, 1.165) is 11.1 Å². The summed E-state index contributed by atoms with van der Waals surface area (Å²) in [6, 6.07) is 19.5. The summed E-state index contributed by atoms with van der Waals surface area (Å²) in [6.07, 6.45) is 1.55. The number of benzene rings is 3. The maximum Gasteiger partial charge on any atom is 0.271 e. The third kappa shape index (κ3) is 6.24. The van der Waals surface area contributed by atoms with Crippen LogP contribution >= 0.6 is 23.2 Å². The van der Waals surface area contributed by atoms with Crippen LogP contribution in [0, 0.1) is 0 Å². The number of nitrogens with one attached hydrogen (secondary N) is 1. The lowest BCUT2D eigenvalue weighted by Crippen LogP contribution is -2.17. The molecule has 0 saturated carbocycles. The van der Waals surface area contributed by atoms with Crippen molar-refractivity contribution in [2.45, 2.75) is 13.5 Å². The second-order valence-electron chi connectivity index (χ2n) is 6.25. The van der Waals surface area contributed by atoms with E-state index in [1.54, 1.807) is 42.6 Å². The van der Waals surface area contributed by atoms with E-state index in [1.807, 2.05) is 37.3 Å². The van der Waals surface area contributed by atoms with Crippen molar-refractivity contribution in [3.63, 3.8) is 0 Å². The third-order valence-electron chi connectivity index (χ3n) is 4.07. The normalized spacial score (nSPS) is 10.8. The molecule has 0 atom stereocenters. The van der Waals surface area contributed by atoms with Crippen LogP contribution in [0.4, 0.5) is 0 Å². The highest BCUT2D eigenvalue weighted by atomic mass is 35.5. The Kier molecular flexibility index (Phi) is 7.71. The predicted octanol–water partition coefficient (Wildman–Crippen LogP) is 5.74. The summed E-state index contributed by atoms with van der Waals surface area (Å²) in [5.74, 6) is 1.07. The van der Waals surface area contributed by atoms with Gasteiger partial charge in [0.2, 0.25) is 0 Å². The van der Waals surface area contributed by atoms with Gasteiger partial charge >= 0.3 is 0 Å². The molecule has 30 heavy (non-hydrogen) atoms. The summed E-state index contributed by atoms with van der Waals surface area (Å²) in [4.78, 5) is 12.2. The lowest BCUT2D eigenvalue weighted by Gasteiger charge is -2.08. The molecular weight excluding hydrogens is 423 g/mol. The van der Waals surface area contributed by atoms with Crippen LogP contribution in [-0.2, 0) is 6.61 Å². The number of rotatable bonds is 8. The molecule has 0 aromatic heterocycles. The molecule has 1 N–H and O–H groups in total. The van der Waals surface area contributed by atoms with E-state index >= 15 is 0 Å². The molecule has 0 aliphatic heterocycles. The molecule has 154 valence electrons. The first-order valence-electron chi connectivity index (χ1n) is 9.28. The minimum absolute atomic E-state index is 0.306. The van der Waals surface area contributed by atoms with E-state index in [1.165, 1.54) is 0 Å². The highest BCUT2D eigenvalue weighted by molar-refractivity contribution is 6.35. The quantitative estimate of drug-likeness (QED) is 0.357. The van der Waals surface area contributed by atoms with Gasteiger partial charge in [0.25, 0.3) is 5.91 Å². The number of carbonyl (C=O) groups is 1. The topological polar surface area (TPSA) is 59.9 Å². The molecule has 0 bridgehead atoms. The largest absolute Gasteiger partial charge is 0.494 e. The Morgan fingerprint density at radius 2 is 1.80 bits per heavy atom. The van der Waals surface area contributed by atoms with Gasteiger partial charge in [0, 0.05) is 21.2 Å². The lowest BCUT2D eigenvalue weighted by atomic mass is 10.2. The van der Waals surface area contributed by atoms with Crippen molar-refractivity contribution in [2.75, 3.05) is 6.61 Å². The fraction of sp³-hybridized carbons (Fsp3) is 0.130. The minimum Gasteiger partial charge on any atom is -0.494 e. The monoisotopic (exact) mass is 442 g/mol. The van der Waals surface area contributed by atoms with Crippen molar-refractivity contribution >= 4 is 35.3 Å². The van der Waals surface area contributed by atoms with Gasteiger partial charge in [-0.05, 0) is 61.0 Å². The van der Waals surface area contributed by atoms with E-state index in [9.17, 15) is 4.79 Å². The van der Waals surface area contributed by atoms with Crippen LogP contribution in [-0.4, -0.2) is 18.7 Å². The molecule has 3 aromatic carbocycles. The lowest BCUT2D eigenvalue weighted by molar-refractivity contribution is 0.0955. The van der Waals surface area contributed by atoms with E-state index in [2.05, 4.69) is 10.5 Å². The molecule has 0 heterocycles. The van der Waals surface area contributed by atoms with Gasteiger partial charge in [-0.25, -0.2) is 5.43 Å². The number of hydrogen-bond donors (Lipinski definition) is 1. The van der Waals surface area contributed by atoms with Crippen LogP contribution in [0.1, 0.15) is 28.4 Å². The predicted molar refractivity (Wildman–Crippen MR) is 120 cm³/mol. The fourth-order valence-electron chi connectivity index (χ4n) is 2.58. The maximum absolute atomic E-state index is 12.2. The number of hydrogen-bond acceptors (Lipinski definition) is 4. The summed E-state index contributed by atoms with van der Waals surface area (Å²) >= 11 is 12.1. The molecule has 0 radical (unpaired) electrons. The summed E-state index contributed by atoms with van der Waals surface area (Å²) in [6.45, 7) is 2.79. The summed E-state index contributed by atoms with van der Waals surface area (Å²) in [5, 5.41) is 5.14. The Hall–Kier alpha value is -3.02.